The molecule has 0 fully saturated rings. The van der Waals surface area contributed by atoms with Crippen LogP contribution < -0.4 is 0 Å². The van der Waals surface area contributed by atoms with Gasteiger partial charge in [-0.15, -0.1) is 0 Å². The first kappa shape index (κ1) is 15.8. The fourth-order valence-electron chi connectivity index (χ4n) is 1.29. The Hall–Kier alpha value is -0.220. The van der Waals surface area contributed by atoms with E-state index in [1.54, 1.807) is 11.8 Å². The average Bonchev–Trinajstić information content (AvgIpc) is 2.13. The largest absolute Gasteiger partial charge is 0.459 e. The number of carbonyl (C=O) groups is 1. The molecule has 0 radical (unpaired) electrons. The van der Waals surface area contributed by atoms with E-state index in [4.69, 9.17) is 4.74 Å². The van der Waals surface area contributed by atoms with Crippen LogP contribution in [0.15, 0.2) is 0 Å². The molecule has 3 nitrogen and oxygen atoms in total. The van der Waals surface area contributed by atoms with Crippen molar-refractivity contribution in [2.75, 3.05) is 19.1 Å². The summed E-state index contributed by atoms with van der Waals surface area (Å²) in [5.41, 5.74) is -0.408. The van der Waals surface area contributed by atoms with E-state index < -0.39 is 5.60 Å². The summed E-state index contributed by atoms with van der Waals surface area (Å²) in [7, 11) is 1.97. The Labute approximate surface area is 104 Å². The third-order valence-corrected chi connectivity index (χ3v) is 3.28. The molecule has 0 bridgehead atoms. The van der Waals surface area contributed by atoms with Gasteiger partial charge in [0.2, 0.25) is 0 Å². The first-order chi connectivity index (χ1) is 7.19. The van der Waals surface area contributed by atoms with Crippen LogP contribution in [0.1, 0.15) is 34.6 Å². The molecule has 96 valence electrons. The fraction of sp³-hybridized carbons (Fsp3) is 0.917. The molecule has 0 saturated carbocycles. The maximum Gasteiger partial charge on any atom is 0.323 e. The van der Waals surface area contributed by atoms with Gasteiger partial charge in [-0.05, 0) is 47.9 Å². The Morgan fingerprint density at radius 3 is 2.25 bits per heavy atom. The van der Waals surface area contributed by atoms with Crippen molar-refractivity contribution in [1.82, 2.24) is 4.90 Å². The van der Waals surface area contributed by atoms with Gasteiger partial charge in [0.1, 0.15) is 11.6 Å². The quantitative estimate of drug-likeness (QED) is 0.698. The van der Waals surface area contributed by atoms with Crippen molar-refractivity contribution >= 4 is 17.7 Å². The van der Waals surface area contributed by atoms with Crippen LogP contribution in [0.4, 0.5) is 0 Å². The topological polar surface area (TPSA) is 29.5 Å². The molecular weight excluding hydrogens is 222 g/mol. The lowest BCUT2D eigenvalue weighted by atomic mass is 10.2. The fourth-order valence-corrected chi connectivity index (χ4v) is 2.01. The average molecular weight is 247 g/mol. The van der Waals surface area contributed by atoms with Crippen molar-refractivity contribution < 1.29 is 9.53 Å². The lowest BCUT2D eigenvalue weighted by Gasteiger charge is -2.31. The van der Waals surface area contributed by atoms with E-state index in [2.05, 4.69) is 18.1 Å². The van der Waals surface area contributed by atoms with Gasteiger partial charge < -0.3 is 4.74 Å². The Balaban J connectivity index is 4.32. The summed E-state index contributed by atoms with van der Waals surface area (Å²) in [5.74, 6) is 0.867. The van der Waals surface area contributed by atoms with Crippen molar-refractivity contribution in [3.05, 3.63) is 0 Å². The maximum atomic E-state index is 11.8. The Kier molecular flexibility index (Phi) is 6.41. The molecule has 0 aliphatic rings. The van der Waals surface area contributed by atoms with Crippen molar-refractivity contribution in [1.29, 1.82) is 0 Å². The second-order valence-electron chi connectivity index (χ2n) is 5.18. The van der Waals surface area contributed by atoms with Crippen LogP contribution in [0.5, 0.6) is 0 Å². The lowest BCUT2D eigenvalue weighted by molar-refractivity contribution is -0.160. The van der Waals surface area contributed by atoms with E-state index in [0.29, 0.717) is 6.04 Å². The van der Waals surface area contributed by atoms with Crippen molar-refractivity contribution in [3.63, 3.8) is 0 Å². The van der Waals surface area contributed by atoms with Gasteiger partial charge in [-0.25, -0.2) is 0 Å². The van der Waals surface area contributed by atoms with Crippen LogP contribution in [0.3, 0.4) is 0 Å². The number of thioether (sulfide) groups is 1. The monoisotopic (exact) mass is 247 g/mol. The van der Waals surface area contributed by atoms with E-state index in [1.807, 2.05) is 34.7 Å². The highest BCUT2D eigenvalue weighted by Gasteiger charge is 2.26. The van der Waals surface area contributed by atoms with E-state index in [1.165, 1.54) is 0 Å². The smallest absolute Gasteiger partial charge is 0.323 e. The van der Waals surface area contributed by atoms with Crippen LogP contribution >= 0.6 is 11.8 Å². The Morgan fingerprint density at radius 2 is 1.88 bits per heavy atom. The van der Waals surface area contributed by atoms with Crippen LogP contribution in [-0.2, 0) is 9.53 Å². The summed E-state index contributed by atoms with van der Waals surface area (Å²) < 4.78 is 5.36. The van der Waals surface area contributed by atoms with Gasteiger partial charge in [0.15, 0.2) is 0 Å². The number of nitrogens with zero attached hydrogens (tertiary/aromatic N) is 1. The van der Waals surface area contributed by atoms with E-state index in [0.717, 1.165) is 5.75 Å². The Morgan fingerprint density at radius 1 is 1.38 bits per heavy atom. The van der Waals surface area contributed by atoms with Gasteiger partial charge in [0, 0.05) is 11.8 Å². The number of hydrogen-bond donors (Lipinski definition) is 0. The molecule has 0 aliphatic heterocycles. The van der Waals surface area contributed by atoms with Crippen molar-refractivity contribution in [2.24, 2.45) is 0 Å². The van der Waals surface area contributed by atoms with Crippen LogP contribution in [0.25, 0.3) is 0 Å². The minimum atomic E-state index is -0.408. The van der Waals surface area contributed by atoms with Crippen LogP contribution in [0, 0.1) is 0 Å². The second kappa shape index (κ2) is 6.50. The number of hydrogen-bond acceptors (Lipinski definition) is 4. The summed E-state index contributed by atoms with van der Waals surface area (Å²) in [5, 5.41) is 0. The lowest BCUT2D eigenvalue weighted by Crippen LogP contribution is -2.45. The molecule has 4 heteroatoms. The van der Waals surface area contributed by atoms with Gasteiger partial charge in [0.05, 0.1) is 0 Å². The van der Waals surface area contributed by atoms with Crippen LogP contribution in [0.2, 0.25) is 0 Å². The molecule has 0 aromatic heterocycles. The molecule has 0 N–H and O–H groups in total. The number of ether oxygens (including phenoxy) is 1. The summed E-state index contributed by atoms with van der Waals surface area (Å²) in [6, 6.07) is 0.180. The minimum absolute atomic E-state index is 0.150. The van der Waals surface area contributed by atoms with Crippen molar-refractivity contribution in [3.8, 4) is 0 Å². The van der Waals surface area contributed by atoms with Gasteiger partial charge in [-0.1, -0.05) is 0 Å². The zero-order chi connectivity index (χ0) is 12.9. The summed E-state index contributed by atoms with van der Waals surface area (Å²) in [4.78, 5) is 13.9. The summed E-state index contributed by atoms with van der Waals surface area (Å²) in [6.07, 6.45) is 2.07. The number of carbonyl (C=O) groups excluding carboxylic acids is 1. The standard InChI is InChI=1S/C12H25NO2S/c1-9(8-16-7)13(6)10(2)11(14)15-12(3,4)5/h9-10H,8H2,1-7H3. The molecular formula is C12H25NO2S. The molecule has 0 saturated heterocycles. The first-order valence-corrected chi connectivity index (χ1v) is 7.02. The zero-order valence-corrected chi connectivity index (χ0v) is 12.4. The molecule has 2 unspecified atom stereocenters. The predicted molar refractivity (Wildman–Crippen MR) is 70.9 cm³/mol. The highest BCUT2D eigenvalue weighted by molar-refractivity contribution is 7.98. The third kappa shape index (κ3) is 5.75. The molecule has 0 rings (SSSR count). The second-order valence-corrected chi connectivity index (χ2v) is 6.09. The highest BCUT2D eigenvalue weighted by atomic mass is 32.2. The minimum Gasteiger partial charge on any atom is -0.459 e. The normalized spacial score (nSPS) is 16.0. The first-order valence-electron chi connectivity index (χ1n) is 5.62. The van der Waals surface area contributed by atoms with E-state index in [-0.39, 0.29) is 12.0 Å². The zero-order valence-electron chi connectivity index (χ0n) is 11.5. The molecule has 16 heavy (non-hydrogen) atoms. The predicted octanol–water partition coefficient (Wildman–Crippen LogP) is 2.40. The van der Waals surface area contributed by atoms with Gasteiger partial charge in [-0.2, -0.15) is 11.8 Å². The molecule has 0 aliphatic carbocycles. The molecule has 0 amide bonds. The number of esters is 1. The molecule has 0 spiro atoms. The number of rotatable bonds is 5. The van der Waals surface area contributed by atoms with Gasteiger partial charge >= 0.3 is 5.97 Å². The Bertz CT molecular complexity index is 226. The molecule has 0 aromatic rings. The van der Waals surface area contributed by atoms with Crippen molar-refractivity contribution in [2.45, 2.75) is 52.3 Å². The van der Waals surface area contributed by atoms with Crippen LogP contribution in [-0.4, -0.2) is 47.6 Å². The molecule has 2 atom stereocenters. The third-order valence-electron chi connectivity index (χ3n) is 2.46. The number of likely N-dealkylation sites (N-methyl/N-ethyl adjacent to an activating group) is 1. The summed E-state index contributed by atoms with van der Waals surface area (Å²) in [6.45, 7) is 9.69. The molecule has 0 aromatic carbocycles. The molecule has 0 heterocycles. The maximum absolute atomic E-state index is 11.8. The highest BCUT2D eigenvalue weighted by Crippen LogP contribution is 2.13. The van der Waals surface area contributed by atoms with E-state index in [9.17, 15) is 4.79 Å². The van der Waals surface area contributed by atoms with Gasteiger partial charge in [0.25, 0.3) is 0 Å². The van der Waals surface area contributed by atoms with Gasteiger partial charge in [-0.3, -0.25) is 9.69 Å². The SMILES string of the molecule is CSCC(C)N(C)C(C)C(=O)OC(C)(C)C. The van der Waals surface area contributed by atoms with E-state index >= 15 is 0 Å². The summed E-state index contributed by atoms with van der Waals surface area (Å²) >= 11 is 1.79.